The summed E-state index contributed by atoms with van der Waals surface area (Å²) in [6.07, 6.45) is 0. The minimum absolute atomic E-state index is 1.31. The van der Waals surface area contributed by atoms with Crippen molar-refractivity contribution in [1.82, 2.24) is 0 Å². The molecular weight excluding hydrogens is 442 g/mol. The second-order valence-electron chi connectivity index (χ2n) is 3.84. The van der Waals surface area contributed by atoms with Crippen molar-refractivity contribution in [3.63, 3.8) is 0 Å². The molecule has 0 fully saturated rings. The van der Waals surface area contributed by atoms with Gasteiger partial charge in [-0.05, 0) is 81.9 Å². The summed E-state index contributed by atoms with van der Waals surface area (Å²) < 4.78 is 5.45. The predicted octanol–water partition coefficient (Wildman–Crippen LogP) is 5.57. The summed E-state index contributed by atoms with van der Waals surface area (Å²) in [6.45, 7) is 2.18. The number of rotatable bonds is 0. The fourth-order valence-corrected chi connectivity index (χ4v) is 4.43. The van der Waals surface area contributed by atoms with Crippen molar-refractivity contribution in [2.45, 2.75) is 6.92 Å². The molecule has 80 valence electrons. The van der Waals surface area contributed by atoms with Gasteiger partial charge in [0.1, 0.15) is 0 Å². The van der Waals surface area contributed by atoms with Crippen LogP contribution in [0.2, 0.25) is 0 Å². The summed E-state index contributed by atoms with van der Waals surface area (Å²) in [5.74, 6) is 0. The van der Waals surface area contributed by atoms with E-state index in [1.807, 2.05) is 11.3 Å². The van der Waals surface area contributed by atoms with Gasteiger partial charge in [0.05, 0.1) is 0 Å². The molecule has 0 nitrogen and oxygen atoms in total. The van der Waals surface area contributed by atoms with Gasteiger partial charge in [0.15, 0.2) is 0 Å². The molecule has 0 bridgehead atoms. The lowest BCUT2D eigenvalue weighted by molar-refractivity contribution is 1.47. The third-order valence-corrected chi connectivity index (χ3v) is 5.66. The zero-order chi connectivity index (χ0) is 11.3. The monoisotopic (exact) mass is 450 g/mol. The summed E-state index contributed by atoms with van der Waals surface area (Å²) in [6, 6.07) is 11.3. The number of hydrogen-bond donors (Lipinski definition) is 0. The zero-order valence-corrected chi connectivity index (χ0v) is 13.7. The SMILES string of the molecule is Cc1cc2c(cc1I)sc1cc(I)ccc12. The Kier molecular flexibility index (Phi) is 2.88. The molecule has 0 saturated carbocycles. The highest BCUT2D eigenvalue weighted by Crippen LogP contribution is 2.36. The third-order valence-electron chi connectivity index (χ3n) is 2.71. The van der Waals surface area contributed by atoms with Gasteiger partial charge in [-0.25, -0.2) is 0 Å². The molecule has 2 aromatic carbocycles. The summed E-state index contributed by atoms with van der Waals surface area (Å²) in [5, 5.41) is 2.79. The summed E-state index contributed by atoms with van der Waals surface area (Å²) in [5.41, 5.74) is 1.37. The van der Waals surface area contributed by atoms with E-state index in [2.05, 4.69) is 82.4 Å². The van der Waals surface area contributed by atoms with Crippen LogP contribution in [0, 0.1) is 14.1 Å². The Hall–Kier alpha value is 0.120. The average Bonchev–Trinajstić information content (AvgIpc) is 2.55. The Bertz CT molecular complexity index is 698. The number of hydrogen-bond acceptors (Lipinski definition) is 1. The third kappa shape index (κ3) is 1.76. The Balaban J connectivity index is 2.51. The standard InChI is InChI=1S/C13H8I2S/c1-7-4-10-9-3-2-8(14)5-12(9)16-13(10)6-11(7)15/h2-6H,1H3. The van der Waals surface area contributed by atoms with Crippen molar-refractivity contribution in [1.29, 1.82) is 0 Å². The van der Waals surface area contributed by atoms with E-state index in [9.17, 15) is 0 Å². The van der Waals surface area contributed by atoms with Crippen LogP contribution < -0.4 is 0 Å². The first kappa shape index (κ1) is 11.2. The molecule has 3 rings (SSSR count). The van der Waals surface area contributed by atoms with Crippen LogP contribution in [0.1, 0.15) is 5.56 Å². The van der Waals surface area contributed by atoms with Crippen molar-refractivity contribution in [2.75, 3.05) is 0 Å². The fourth-order valence-electron chi connectivity index (χ4n) is 1.88. The molecule has 16 heavy (non-hydrogen) atoms. The first-order chi connectivity index (χ1) is 7.65. The topological polar surface area (TPSA) is 0 Å². The van der Waals surface area contributed by atoms with E-state index in [0.29, 0.717) is 0 Å². The van der Waals surface area contributed by atoms with Crippen LogP contribution >= 0.6 is 56.5 Å². The molecule has 0 radical (unpaired) electrons. The lowest BCUT2D eigenvalue weighted by Gasteiger charge is -1.98. The molecule has 3 heteroatoms. The maximum Gasteiger partial charge on any atom is 0.0366 e. The van der Waals surface area contributed by atoms with E-state index in [4.69, 9.17) is 0 Å². The number of benzene rings is 2. The van der Waals surface area contributed by atoms with Crippen molar-refractivity contribution < 1.29 is 0 Å². The molecule has 0 unspecified atom stereocenters. The van der Waals surface area contributed by atoms with Crippen LogP contribution in [0.5, 0.6) is 0 Å². The van der Waals surface area contributed by atoms with Crippen molar-refractivity contribution in [2.24, 2.45) is 0 Å². The van der Waals surface area contributed by atoms with E-state index in [1.54, 1.807) is 0 Å². The van der Waals surface area contributed by atoms with Gasteiger partial charge in [-0.15, -0.1) is 11.3 Å². The Morgan fingerprint density at radius 3 is 2.50 bits per heavy atom. The minimum atomic E-state index is 1.31. The highest BCUT2D eigenvalue weighted by atomic mass is 127. The molecule has 1 aromatic heterocycles. The second kappa shape index (κ2) is 4.10. The van der Waals surface area contributed by atoms with Crippen molar-refractivity contribution >= 4 is 76.7 Å². The molecule has 0 N–H and O–H groups in total. The van der Waals surface area contributed by atoms with Crippen molar-refractivity contribution in [3.8, 4) is 0 Å². The lowest BCUT2D eigenvalue weighted by atomic mass is 10.1. The van der Waals surface area contributed by atoms with Crippen molar-refractivity contribution in [3.05, 3.63) is 43.0 Å². The Labute approximate surface area is 125 Å². The summed E-state index contributed by atoms with van der Waals surface area (Å²) >= 11 is 6.67. The molecular formula is C13H8I2S. The molecule has 0 aliphatic rings. The van der Waals surface area contributed by atoms with Crippen LogP contribution in [0.25, 0.3) is 20.2 Å². The van der Waals surface area contributed by atoms with Crippen LogP contribution in [-0.2, 0) is 0 Å². The molecule has 1 heterocycles. The Morgan fingerprint density at radius 2 is 1.69 bits per heavy atom. The van der Waals surface area contributed by atoms with Crippen LogP contribution in [0.15, 0.2) is 30.3 Å². The zero-order valence-electron chi connectivity index (χ0n) is 8.55. The highest BCUT2D eigenvalue weighted by Gasteiger charge is 2.07. The van der Waals surface area contributed by atoms with Gasteiger partial charge in [-0.1, -0.05) is 6.07 Å². The normalized spacial score (nSPS) is 11.4. The van der Waals surface area contributed by atoms with E-state index >= 15 is 0 Å². The number of fused-ring (bicyclic) bond motifs is 3. The lowest BCUT2D eigenvalue weighted by Crippen LogP contribution is -1.77. The van der Waals surface area contributed by atoms with Gasteiger partial charge >= 0.3 is 0 Å². The maximum atomic E-state index is 2.41. The molecule has 0 atom stereocenters. The molecule has 0 aliphatic carbocycles. The second-order valence-corrected chi connectivity index (χ2v) is 7.33. The molecule has 0 spiro atoms. The molecule has 0 aliphatic heterocycles. The van der Waals surface area contributed by atoms with Crippen LogP contribution in [0.4, 0.5) is 0 Å². The summed E-state index contributed by atoms with van der Waals surface area (Å²) in [7, 11) is 0. The van der Waals surface area contributed by atoms with Crippen LogP contribution in [-0.4, -0.2) is 0 Å². The minimum Gasteiger partial charge on any atom is -0.135 e. The first-order valence-electron chi connectivity index (χ1n) is 4.93. The number of aryl methyl sites for hydroxylation is 1. The first-order valence-corrected chi connectivity index (χ1v) is 7.90. The quantitative estimate of drug-likeness (QED) is 0.393. The van der Waals surface area contributed by atoms with Gasteiger partial charge in [0.25, 0.3) is 0 Å². The van der Waals surface area contributed by atoms with E-state index < -0.39 is 0 Å². The fraction of sp³-hybridized carbons (Fsp3) is 0.0769. The number of thiophene rings is 1. The average molecular weight is 450 g/mol. The van der Waals surface area contributed by atoms with Gasteiger partial charge in [-0.3, -0.25) is 0 Å². The molecule has 0 amide bonds. The van der Waals surface area contributed by atoms with E-state index in [1.165, 1.54) is 32.9 Å². The van der Waals surface area contributed by atoms with Gasteiger partial charge in [-0.2, -0.15) is 0 Å². The Morgan fingerprint density at radius 1 is 0.938 bits per heavy atom. The maximum absolute atomic E-state index is 2.41. The van der Waals surface area contributed by atoms with Gasteiger partial charge in [0.2, 0.25) is 0 Å². The summed E-state index contributed by atoms with van der Waals surface area (Å²) in [4.78, 5) is 0. The largest absolute Gasteiger partial charge is 0.135 e. The molecule has 0 saturated heterocycles. The van der Waals surface area contributed by atoms with Gasteiger partial charge < -0.3 is 0 Å². The van der Waals surface area contributed by atoms with Gasteiger partial charge in [0, 0.05) is 27.3 Å². The predicted molar refractivity (Wildman–Crippen MR) is 89.5 cm³/mol. The van der Waals surface area contributed by atoms with Crippen LogP contribution in [0.3, 0.4) is 0 Å². The van der Waals surface area contributed by atoms with E-state index in [0.717, 1.165) is 0 Å². The molecule has 3 aromatic rings. The van der Waals surface area contributed by atoms with E-state index in [-0.39, 0.29) is 0 Å². The highest BCUT2D eigenvalue weighted by molar-refractivity contribution is 14.1. The number of halogens is 2. The smallest absolute Gasteiger partial charge is 0.0366 e.